The average Bonchev–Trinajstić information content (AvgIpc) is 2.61. The number of methoxy groups -OCH3 is 1. The van der Waals surface area contributed by atoms with Crippen molar-refractivity contribution in [1.29, 1.82) is 0 Å². The highest BCUT2D eigenvalue weighted by molar-refractivity contribution is 9.10. The van der Waals surface area contributed by atoms with Gasteiger partial charge in [0.1, 0.15) is 5.75 Å². The number of halogens is 1. The molecule has 0 bridgehead atoms. The Balaban J connectivity index is 2.60. The minimum Gasteiger partial charge on any atom is -0.495 e. The molecule has 0 fully saturated rings. The Hall–Kier alpha value is -0.580. The highest BCUT2D eigenvalue weighted by Gasteiger charge is 2.23. The van der Waals surface area contributed by atoms with Crippen molar-refractivity contribution >= 4 is 15.9 Å². The molecule has 1 atom stereocenters. The van der Waals surface area contributed by atoms with Crippen molar-refractivity contribution in [3.63, 3.8) is 0 Å². The van der Waals surface area contributed by atoms with Gasteiger partial charge in [-0.05, 0) is 58.8 Å². The van der Waals surface area contributed by atoms with Crippen LogP contribution in [0.1, 0.15) is 42.1 Å². The molecular weight excluding hydrogens is 294 g/mol. The molecular formula is C14H20BrNO2. The Kier molecular flexibility index (Phi) is 4.65. The van der Waals surface area contributed by atoms with Crippen LogP contribution in [0.25, 0.3) is 0 Å². The van der Waals surface area contributed by atoms with Crippen molar-refractivity contribution in [1.82, 2.24) is 0 Å². The van der Waals surface area contributed by atoms with Crippen LogP contribution >= 0.6 is 15.9 Å². The molecule has 0 radical (unpaired) electrons. The summed E-state index contributed by atoms with van der Waals surface area (Å²) in [7, 11) is 1.63. The summed E-state index contributed by atoms with van der Waals surface area (Å²) in [4.78, 5) is 0. The smallest absolute Gasteiger partial charge is 0.139 e. The van der Waals surface area contributed by atoms with Gasteiger partial charge in [-0.25, -0.2) is 0 Å². The van der Waals surface area contributed by atoms with Crippen molar-refractivity contribution < 1.29 is 9.84 Å². The third kappa shape index (κ3) is 2.56. The molecule has 1 aromatic carbocycles. The van der Waals surface area contributed by atoms with E-state index in [0.717, 1.165) is 28.6 Å². The molecule has 4 heteroatoms. The highest BCUT2D eigenvalue weighted by atomic mass is 79.9. The van der Waals surface area contributed by atoms with Gasteiger partial charge in [-0.1, -0.05) is 6.42 Å². The number of rotatable bonds is 3. The Bertz CT molecular complexity index is 434. The molecule has 0 aromatic heterocycles. The Labute approximate surface area is 116 Å². The SMILES string of the molecule is COc1c(Br)cc2c(c1C(O)CN)CCCCC2. The lowest BCUT2D eigenvalue weighted by molar-refractivity contribution is 0.180. The first-order valence-corrected chi connectivity index (χ1v) is 7.24. The first-order valence-electron chi connectivity index (χ1n) is 6.45. The number of nitrogens with two attached hydrogens (primary N) is 1. The van der Waals surface area contributed by atoms with E-state index in [9.17, 15) is 5.11 Å². The lowest BCUT2D eigenvalue weighted by Crippen LogP contribution is -2.16. The normalized spacial score (nSPS) is 16.9. The maximum absolute atomic E-state index is 10.2. The van der Waals surface area contributed by atoms with E-state index < -0.39 is 6.10 Å². The van der Waals surface area contributed by atoms with Crippen molar-refractivity contribution in [3.8, 4) is 5.75 Å². The zero-order valence-electron chi connectivity index (χ0n) is 10.7. The van der Waals surface area contributed by atoms with Crippen LogP contribution in [0, 0.1) is 0 Å². The maximum atomic E-state index is 10.2. The largest absolute Gasteiger partial charge is 0.495 e. The second kappa shape index (κ2) is 6.04. The fourth-order valence-electron chi connectivity index (χ4n) is 2.73. The quantitative estimate of drug-likeness (QED) is 0.844. The minimum absolute atomic E-state index is 0.221. The van der Waals surface area contributed by atoms with E-state index in [1.54, 1.807) is 7.11 Å². The zero-order chi connectivity index (χ0) is 13.1. The van der Waals surface area contributed by atoms with Gasteiger partial charge in [0.05, 0.1) is 17.7 Å². The minimum atomic E-state index is -0.649. The molecule has 0 amide bonds. The number of hydrogen-bond acceptors (Lipinski definition) is 3. The van der Waals surface area contributed by atoms with Crippen LogP contribution in [0.3, 0.4) is 0 Å². The number of aliphatic hydroxyl groups is 1. The van der Waals surface area contributed by atoms with Gasteiger partial charge in [0.2, 0.25) is 0 Å². The molecule has 0 heterocycles. The molecule has 100 valence electrons. The maximum Gasteiger partial charge on any atom is 0.139 e. The summed E-state index contributed by atoms with van der Waals surface area (Å²) in [5.41, 5.74) is 9.07. The van der Waals surface area contributed by atoms with Crippen LogP contribution in [0.15, 0.2) is 10.5 Å². The summed E-state index contributed by atoms with van der Waals surface area (Å²) in [6.07, 6.45) is 5.05. The molecule has 3 N–H and O–H groups in total. The molecule has 0 saturated carbocycles. The standard InChI is InChI=1S/C14H20BrNO2/c1-18-14-11(15)7-9-5-3-2-4-6-10(9)13(14)12(17)8-16/h7,12,17H,2-6,8,16H2,1H3. The summed E-state index contributed by atoms with van der Waals surface area (Å²) in [6.45, 7) is 0.221. The van der Waals surface area contributed by atoms with Crippen molar-refractivity contribution in [2.45, 2.75) is 38.2 Å². The fourth-order valence-corrected chi connectivity index (χ4v) is 3.39. The number of ether oxygens (including phenoxy) is 1. The highest BCUT2D eigenvalue weighted by Crippen LogP contribution is 2.39. The van der Waals surface area contributed by atoms with Gasteiger partial charge in [0.15, 0.2) is 0 Å². The van der Waals surface area contributed by atoms with E-state index in [0.29, 0.717) is 0 Å². The van der Waals surface area contributed by atoms with Crippen molar-refractivity contribution in [2.24, 2.45) is 5.73 Å². The van der Waals surface area contributed by atoms with Crippen LogP contribution in [-0.4, -0.2) is 18.8 Å². The molecule has 0 saturated heterocycles. The Morgan fingerprint density at radius 1 is 1.39 bits per heavy atom. The van der Waals surface area contributed by atoms with Gasteiger partial charge < -0.3 is 15.6 Å². The van der Waals surface area contributed by atoms with Gasteiger partial charge in [-0.3, -0.25) is 0 Å². The van der Waals surface area contributed by atoms with Crippen LogP contribution in [0.2, 0.25) is 0 Å². The van der Waals surface area contributed by atoms with Gasteiger partial charge in [0, 0.05) is 12.1 Å². The van der Waals surface area contributed by atoms with E-state index in [1.165, 1.54) is 30.4 Å². The van der Waals surface area contributed by atoms with E-state index in [4.69, 9.17) is 10.5 Å². The van der Waals surface area contributed by atoms with Crippen LogP contribution in [-0.2, 0) is 12.8 Å². The first-order chi connectivity index (χ1) is 8.69. The van der Waals surface area contributed by atoms with Crippen molar-refractivity contribution in [2.75, 3.05) is 13.7 Å². The monoisotopic (exact) mass is 313 g/mol. The average molecular weight is 314 g/mol. The molecule has 18 heavy (non-hydrogen) atoms. The molecule has 1 aliphatic rings. The molecule has 0 aliphatic heterocycles. The fraction of sp³-hybridized carbons (Fsp3) is 0.571. The molecule has 0 spiro atoms. The van der Waals surface area contributed by atoms with Gasteiger partial charge in [-0.2, -0.15) is 0 Å². The number of fused-ring (bicyclic) bond motifs is 1. The van der Waals surface area contributed by atoms with Crippen molar-refractivity contribution in [3.05, 3.63) is 27.2 Å². The summed E-state index contributed by atoms with van der Waals surface area (Å²) in [5, 5.41) is 10.2. The van der Waals surface area contributed by atoms with E-state index in [-0.39, 0.29) is 6.54 Å². The predicted octanol–water partition coefficient (Wildman–Crippen LogP) is 2.72. The van der Waals surface area contributed by atoms with E-state index in [2.05, 4.69) is 22.0 Å². The van der Waals surface area contributed by atoms with Gasteiger partial charge in [-0.15, -0.1) is 0 Å². The summed E-state index contributed by atoms with van der Waals surface area (Å²) in [5.74, 6) is 0.730. The summed E-state index contributed by atoms with van der Waals surface area (Å²) < 4.78 is 6.35. The second-order valence-corrected chi connectivity index (χ2v) is 5.61. The Morgan fingerprint density at radius 2 is 2.11 bits per heavy atom. The molecule has 1 aromatic rings. The lowest BCUT2D eigenvalue weighted by atomic mass is 9.93. The first kappa shape index (κ1) is 13.8. The third-order valence-electron chi connectivity index (χ3n) is 3.61. The Morgan fingerprint density at radius 3 is 2.78 bits per heavy atom. The number of aliphatic hydroxyl groups excluding tert-OH is 1. The lowest BCUT2D eigenvalue weighted by Gasteiger charge is -2.21. The van der Waals surface area contributed by atoms with Crippen LogP contribution < -0.4 is 10.5 Å². The van der Waals surface area contributed by atoms with Crippen LogP contribution in [0.5, 0.6) is 5.75 Å². The topological polar surface area (TPSA) is 55.5 Å². The molecule has 3 nitrogen and oxygen atoms in total. The van der Waals surface area contributed by atoms with Crippen LogP contribution in [0.4, 0.5) is 0 Å². The van der Waals surface area contributed by atoms with E-state index >= 15 is 0 Å². The van der Waals surface area contributed by atoms with Gasteiger partial charge in [0.25, 0.3) is 0 Å². The van der Waals surface area contributed by atoms with E-state index in [1.807, 2.05) is 0 Å². The van der Waals surface area contributed by atoms with Gasteiger partial charge >= 0.3 is 0 Å². The number of aryl methyl sites for hydroxylation is 1. The zero-order valence-corrected chi connectivity index (χ0v) is 12.3. The molecule has 1 unspecified atom stereocenters. The third-order valence-corrected chi connectivity index (χ3v) is 4.20. The predicted molar refractivity (Wildman–Crippen MR) is 76.0 cm³/mol. The summed E-state index contributed by atoms with van der Waals surface area (Å²) in [6, 6.07) is 2.13. The number of benzene rings is 1. The number of hydrogen-bond donors (Lipinski definition) is 2. The summed E-state index contributed by atoms with van der Waals surface area (Å²) >= 11 is 3.53. The second-order valence-electron chi connectivity index (χ2n) is 4.76. The molecule has 2 rings (SSSR count). The molecule has 1 aliphatic carbocycles.